The minimum atomic E-state index is -1.05. The highest BCUT2D eigenvalue weighted by atomic mass is 19.2. The number of hydrogen-bond donors (Lipinski definition) is 0. The molecule has 0 saturated carbocycles. The fourth-order valence-corrected chi connectivity index (χ4v) is 3.01. The summed E-state index contributed by atoms with van der Waals surface area (Å²) in [5, 5.41) is 8.13. The van der Waals surface area contributed by atoms with Gasteiger partial charge in [-0.2, -0.15) is 9.49 Å². The van der Waals surface area contributed by atoms with Crippen molar-refractivity contribution in [2.24, 2.45) is 0 Å². The molecule has 0 aliphatic heterocycles. The molecule has 2 rings (SSSR count). The Kier molecular flexibility index (Phi) is 10.9. The SMILES string of the molecule is C=CCOc1ccc(-c2ccc(/C=C/CCCC(C)OCCCCC)nn2)c(F)c1F. The highest BCUT2D eigenvalue weighted by Gasteiger charge is 2.16. The van der Waals surface area contributed by atoms with E-state index in [1.165, 1.54) is 31.1 Å². The first-order chi connectivity index (χ1) is 15.1. The lowest BCUT2D eigenvalue weighted by Crippen LogP contribution is -2.08. The normalized spacial score (nSPS) is 12.3. The summed E-state index contributed by atoms with van der Waals surface area (Å²) in [5.41, 5.74) is 0.969. The topological polar surface area (TPSA) is 44.2 Å². The second-order valence-corrected chi connectivity index (χ2v) is 7.40. The van der Waals surface area contributed by atoms with Gasteiger partial charge in [-0.25, -0.2) is 4.39 Å². The molecule has 4 nitrogen and oxygen atoms in total. The number of aromatic nitrogens is 2. The lowest BCUT2D eigenvalue weighted by molar-refractivity contribution is 0.0566. The van der Waals surface area contributed by atoms with Crippen LogP contribution in [0.4, 0.5) is 8.78 Å². The van der Waals surface area contributed by atoms with Gasteiger partial charge in [0, 0.05) is 12.2 Å². The van der Waals surface area contributed by atoms with Gasteiger partial charge in [-0.3, -0.25) is 0 Å². The average Bonchev–Trinajstić information content (AvgIpc) is 2.78. The Balaban J connectivity index is 1.84. The van der Waals surface area contributed by atoms with Gasteiger partial charge in [0.2, 0.25) is 5.82 Å². The fraction of sp³-hybridized carbons (Fsp3) is 0.440. The maximum Gasteiger partial charge on any atom is 0.201 e. The third kappa shape index (κ3) is 8.21. The first-order valence-electron chi connectivity index (χ1n) is 10.9. The van der Waals surface area contributed by atoms with Crippen molar-refractivity contribution in [3.8, 4) is 17.0 Å². The van der Waals surface area contributed by atoms with Gasteiger partial charge in [0.1, 0.15) is 6.61 Å². The van der Waals surface area contributed by atoms with Crippen molar-refractivity contribution in [2.75, 3.05) is 13.2 Å². The van der Waals surface area contributed by atoms with E-state index in [9.17, 15) is 8.78 Å². The Morgan fingerprint density at radius 2 is 1.90 bits per heavy atom. The third-order valence-corrected chi connectivity index (χ3v) is 4.79. The van der Waals surface area contributed by atoms with E-state index in [1.807, 2.05) is 12.2 Å². The van der Waals surface area contributed by atoms with Crippen LogP contribution in [0.3, 0.4) is 0 Å². The van der Waals surface area contributed by atoms with Crippen LogP contribution in [0.2, 0.25) is 0 Å². The van der Waals surface area contributed by atoms with E-state index in [4.69, 9.17) is 9.47 Å². The number of halogens is 2. The summed E-state index contributed by atoms with van der Waals surface area (Å²) in [6, 6.07) is 6.17. The van der Waals surface area contributed by atoms with Crippen molar-refractivity contribution in [1.29, 1.82) is 0 Å². The Morgan fingerprint density at radius 3 is 2.61 bits per heavy atom. The van der Waals surface area contributed by atoms with Gasteiger partial charge in [0.15, 0.2) is 11.6 Å². The van der Waals surface area contributed by atoms with Gasteiger partial charge < -0.3 is 9.47 Å². The summed E-state index contributed by atoms with van der Waals surface area (Å²) in [5.74, 6) is -2.21. The van der Waals surface area contributed by atoms with Crippen LogP contribution >= 0.6 is 0 Å². The molecule has 0 aliphatic carbocycles. The van der Waals surface area contributed by atoms with Gasteiger partial charge in [-0.1, -0.05) is 38.5 Å². The second-order valence-electron chi connectivity index (χ2n) is 7.40. The molecule has 0 radical (unpaired) electrons. The van der Waals surface area contributed by atoms with Crippen LogP contribution in [-0.4, -0.2) is 29.5 Å². The van der Waals surface area contributed by atoms with Crippen molar-refractivity contribution < 1.29 is 18.3 Å². The number of benzene rings is 1. The molecule has 0 N–H and O–H groups in total. The summed E-state index contributed by atoms with van der Waals surface area (Å²) in [4.78, 5) is 0. The summed E-state index contributed by atoms with van der Waals surface area (Å²) in [7, 11) is 0. The van der Waals surface area contributed by atoms with Crippen LogP contribution in [0, 0.1) is 11.6 Å². The van der Waals surface area contributed by atoms with Crippen molar-refractivity contribution in [1.82, 2.24) is 10.2 Å². The predicted molar refractivity (Wildman–Crippen MR) is 121 cm³/mol. The molecule has 168 valence electrons. The van der Waals surface area contributed by atoms with Gasteiger partial charge in [0.05, 0.1) is 17.5 Å². The zero-order chi connectivity index (χ0) is 22.5. The monoisotopic (exact) mass is 430 g/mol. The molecule has 0 amide bonds. The molecule has 2 aromatic rings. The molecule has 1 aromatic heterocycles. The van der Waals surface area contributed by atoms with E-state index >= 15 is 0 Å². The van der Waals surface area contributed by atoms with E-state index in [-0.39, 0.29) is 29.7 Å². The number of nitrogens with zero attached hydrogens (tertiary/aromatic N) is 2. The smallest absolute Gasteiger partial charge is 0.201 e. The Morgan fingerprint density at radius 1 is 1.06 bits per heavy atom. The van der Waals surface area contributed by atoms with Gasteiger partial charge in [-0.15, -0.1) is 5.10 Å². The van der Waals surface area contributed by atoms with Crippen LogP contribution in [0.25, 0.3) is 17.3 Å². The molecular weight excluding hydrogens is 398 g/mol. The molecule has 6 heteroatoms. The van der Waals surface area contributed by atoms with Crippen LogP contribution in [-0.2, 0) is 4.74 Å². The second kappa shape index (κ2) is 13.7. The molecular formula is C25H32F2N2O2. The summed E-state index contributed by atoms with van der Waals surface area (Å²) in [6.07, 6.45) is 12.2. The minimum Gasteiger partial charge on any atom is -0.486 e. The molecule has 0 spiro atoms. The van der Waals surface area contributed by atoms with Crippen LogP contribution in [0.15, 0.2) is 43.0 Å². The van der Waals surface area contributed by atoms with Crippen molar-refractivity contribution in [3.05, 3.63) is 60.3 Å². The Hall–Kier alpha value is -2.60. The molecule has 0 fully saturated rings. The van der Waals surface area contributed by atoms with Crippen LogP contribution in [0.1, 0.15) is 58.1 Å². The highest BCUT2D eigenvalue weighted by Crippen LogP contribution is 2.28. The van der Waals surface area contributed by atoms with E-state index in [1.54, 1.807) is 12.1 Å². The van der Waals surface area contributed by atoms with Gasteiger partial charge in [0.25, 0.3) is 0 Å². The molecule has 31 heavy (non-hydrogen) atoms. The van der Waals surface area contributed by atoms with Crippen molar-refractivity contribution >= 4 is 6.08 Å². The zero-order valence-electron chi connectivity index (χ0n) is 18.4. The standard InChI is InChI=1S/C25H32F2N2O2/c1-4-6-10-18-30-19(3)11-8-7-9-12-20-13-15-22(29-28-20)21-14-16-23(31-17-5-2)25(27)24(21)26/h5,9,12-16,19H,2,4,6-8,10-11,17-18H2,1,3H3/b12-9+. The summed E-state index contributed by atoms with van der Waals surface area (Å²) >= 11 is 0. The van der Waals surface area contributed by atoms with Crippen LogP contribution in [0.5, 0.6) is 5.75 Å². The molecule has 0 saturated heterocycles. The molecule has 1 heterocycles. The quantitative estimate of drug-likeness (QED) is 0.245. The predicted octanol–water partition coefficient (Wildman–Crippen LogP) is 6.77. The fourth-order valence-electron chi connectivity index (χ4n) is 3.01. The number of allylic oxidation sites excluding steroid dienone is 1. The largest absolute Gasteiger partial charge is 0.486 e. The summed E-state index contributed by atoms with van der Waals surface area (Å²) < 4.78 is 39.4. The maximum absolute atomic E-state index is 14.4. The molecule has 1 unspecified atom stereocenters. The summed E-state index contributed by atoms with van der Waals surface area (Å²) in [6.45, 7) is 8.72. The third-order valence-electron chi connectivity index (χ3n) is 4.79. The molecule has 0 aliphatic rings. The van der Waals surface area contributed by atoms with E-state index in [2.05, 4.69) is 30.6 Å². The van der Waals surface area contributed by atoms with Gasteiger partial charge >= 0.3 is 0 Å². The molecule has 1 atom stereocenters. The number of ether oxygens (including phenoxy) is 2. The number of unbranched alkanes of at least 4 members (excludes halogenated alkanes) is 3. The van der Waals surface area contributed by atoms with Crippen molar-refractivity contribution in [2.45, 2.75) is 58.5 Å². The Bertz CT molecular complexity index is 838. The minimum absolute atomic E-state index is 0.0411. The zero-order valence-corrected chi connectivity index (χ0v) is 18.4. The van der Waals surface area contributed by atoms with E-state index in [0.29, 0.717) is 5.69 Å². The lowest BCUT2D eigenvalue weighted by Gasteiger charge is -2.11. The Labute approximate surface area is 184 Å². The highest BCUT2D eigenvalue weighted by molar-refractivity contribution is 5.62. The number of rotatable bonds is 14. The first-order valence-corrected chi connectivity index (χ1v) is 10.9. The van der Waals surface area contributed by atoms with Crippen LogP contribution < -0.4 is 4.74 Å². The molecule has 0 bridgehead atoms. The van der Waals surface area contributed by atoms with E-state index < -0.39 is 11.6 Å². The van der Waals surface area contributed by atoms with Gasteiger partial charge in [-0.05, 0) is 62.9 Å². The number of hydrogen-bond acceptors (Lipinski definition) is 4. The molecule has 1 aromatic carbocycles. The maximum atomic E-state index is 14.4. The lowest BCUT2D eigenvalue weighted by atomic mass is 10.1. The van der Waals surface area contributed by atoms with Crippen molar-refractivity contribution in [3.63, 3.8) is 0 Å². The van der Waals surface area contributed by atoms with E-state index in [0.717, 1.165) is 32.3 Å². The first kappa shape index (κ1) is 24.7. The average molecular weight is 431 g/mol.